The van der Waals surface area contributed by atoms with Gasteiger partial charge < -0.3 is 19.7 Å². The van der Waals surface area contributed by atoms with Crippen molar-refractivity contribution >= 4 is 17.5 Å². The van der Waals surface area contributed by atoms with E-state index in [1.165, 1.54) is 6.92 Å². The normalized spacial score (nSPS) is 15.5. The van der Waals surface area contributed by atoms with Crippen molar-refractivity contribution in [1.82, 2.24) is 5.32 Å². The highest BCUT2D eigenvalue weighted by Gasteiger charge is 2.39. The van der Waals surface area contributed by atoms with Gasteiger partial charge in [0, 0.05) is 12.5 Å². The van der Waals surface area contributed by atoms with Gasteiger partial charge in [-0.25, -0.2) is 0 Å². The number of carbonyl (C=O) groups excluding carboxylic acids is 2. The number of methoxy groups -OCH3 is 2. The predicted molar refractivity (Wildman–Crippen MR) is 103 cm³/mol. The highest BCUT2D eigenvalue weighted by molar-refractivity contribution is 6.06. The summed E-state index contributed by atoms with van der Waals surface area (Å²) in [6.07, 6.45) is 0. The zero-order valence-electron chi connectivity index (χ0n) is 16.3. The molecule has 2 aromatic rings. The molecule has 2 amide bonds. The van der Waals surface area contributed by atoms with Gasteiger partial charge in [-0.1, -0.05) is 23.8 Å². The van der Waals surface area contributed by atoms with Crippen LogP contribution in [0.15, 0.2) is 30.3 Å². The van der Waals surface area contributed by atoms with E-state index in [2.05, 4.69) is 5.32 Å². The van der Waals surface area contributed by atoms with Gasteiger partial charge in [0.15, 0.2) is 11.5 Å². The molecular formula is C21H24N2O4. The minimum Gasteiger partial charge on any atom is -0.493 e. The van der Waals surface area contributed by atoms with Gasteiger partial charge in [0.1, 0.15) is 6.04 Å². The van der Waals surface area contributed by atoms with Crippen LogP contribution in [0.1, 0.15) is 35.2 Å². The van der Waals surface area contributed by atoms with Crippen molar-refractivity contribution in [2.24, 2.45) is 0 Å². The molecule has 0 saturated heterocycles. The number of hydrogen-bond acceptors (Lipinski definition) is 4. The number of aryl methyl sites for hydroxylation is 2. The average molecular weight is 368 g/mol. The molecule has 0 fully saturated rings. The van der Waals surface area contributed by atoms with E-state index < -0.39 is 6.04 Å². The number of anilines is 1. The van der Waals surface area contributed by atoms with E-state index in [1.54, 1.807) is 19.1 Å². The average Bonchev–Trinajstić information content (AvgIpc) is 2.87. The van der Waals surface area contributed by atoms with Gasteiger partial charge in [-0.15, -0.1) is 0 Å². The van der Waals surface area contributed by atoms with Gasteiger partial charge in [0.2, 0.25) is 5.91 Å². The number of nitrogens with zero attached hydrogens (tertiary/aromatic N) is 1. The number of amides is 2. The maximum atomic E-state index is 13.1. The Bertz CT molecular complexity index is 907. The molecule has 2 aromatic carbocycles. The van der Waals surface area contributed by atoms with Gasteiger partial charge >= 0.3 is 0 Å². The second-order valence-electron chi connectivity index (χ2n) is 6.77. The van der Waals surface area contributed by atoms with E-state index in [4.69, 9.17) is 9.47 Å². The summed E-state index contributed by atoms with van der Waals surface area (Å²) in [5, 5.41) is 2.78. The Morgan fingerprint density at radius 1 is 1.11 bits per heavy atom. The third kappa shape index (κ3) is 3.47. The lowest BCUT2D eigenvalue weighted by Gasteiger charge is -2.20. The maximum Gasteiger partial charge on any atom is 0.254 e. The highest BCUT2D eigenvalue weighted by atomic mass is 16.5. The SMILES string of the molecule is COc1ccc(CN2C(=O)[C@H](NC(C)=O)c3cc(C)cc(C)c32)cc1OC. The van der Waals surface area contributed by atoms with Crippen LogP contribution in [0, 0.1) is 13.8 Å². The van der Waals surface area contributed by atoms with Crippen molar-refractivity contribution in [2.45, 2.75) is 33.4 Å². The summed E-state index contributed by atoms with van der Waals surface area (Å²) in [5.74, 6) is 0.883. The molecule has 142 valence electrons. The first kappa shape index (κ1) is 18.8. The second kappa shape index (κ2) is 7.31. The Balaban J connectivity index is 2.01. The smallest absolute Gasteiger partial charge is 0.254 e. The summed E-state index contributed by atoms with van der Waals surface area (Å²) < 4.78 is 10.6. The largest absolute Gasteiger partial charge is 0.493 e. The van der Waals surface area contributed by atoms with Crippen molar-refractivity contribution in [3.63, 3.8) is 0 Å². The molecule has 6 heteroatoms. The Kier molecular flexibility index (Phi) is 5.08. The first-order chi connectivity index (χ1) is 12.8. The fourth-order valence-corrected chi connectivity index (χ4v) is 3.64. The van der Waals surface area contributed by atoms with Crippen LogP contribution in [-0.2, 0) is 16.1 Å². The fraction of sp³-hybridized carbons (Fsp3) is 0.333. The quantitative estimate of drug-likeness (QED) is 0.881. The minimum atomic E-state index is -0.656. The first-order valence-corrected chi connectivity index (χ1v) is 8.76. The van der Waals surface area contributed by atoms with Gasteiger partial charge in [-0.05, 0) is 37.1 Å². The van der Waals surface area contributed by atoms with Gasteiger partial charge in [0.25, 0.3) is 5.91 Å². The number of benzene rings is 2. The third-order valence-corrected chi connectivity index (χ3v) is 4.70. The number of ether oxygens (including phenoxy) is 2. The summed E-state index contributed by atoms with van der Waals surface area (Å²) in [4.78, 5) is 26.5. The predicted octanol–water partition coefficient (Wildman–Crippen LogP) is 3.04. The topological polar surface area (TPSA) is 67.9 Å². The molecule has 1 atom stereocenters. The van der Waals surface area contributed by atoms with Crippen LogP contribution in [0.5, 0.6) is 11.5 Å². The molecule has 0 unspecified atom stereocenters. The summed E-state index contributed by atoms with van der Waals surface area (Å²) in [6, 6.07) is 8.95. The molecule has 1 aliphatic rings. The highest BCUT2D eigenvalue weighted by Crippen LogP contribution is 2.40. The molecule has 27 heavy (non-hydrogen) atoms. The number of rotatable bonds is 5. The van der Waals surface area contributed by atoms with Gasteiger partial charge in [0.05, 0.1) is 26.5 Å². The Hall–Kier alpha value is -3.02. The van der Waals surface area contributed by atoms with E-state index in [1.807, 2.05) is 44.2 Å². The van der Waals surface area contributed by atoms with Crippen LogP contribution < -0.4 is 19.7 Å². The molecule has 1 N–H and O–H groups in total. The molecule has 1 heterocycles. The molecule has 6 nitrogen and oxygen atoms in total. The lowest BCUT2D eigenvalue weighted by molar-refractivity contribution is -0.126. The molecule has 0 aromatic heterocycles. The zero-order chi connectivity index (χ0) is 19.7. The van der Waals surface area contributed by atoms with Crippen molar-refractivity contribution in [1.29, 1.82) is 0 Å². The van der Waals surface area contributed by atoms with Crippen LogP contribution in [0.3, 0.4) is 0 Å². The maximum absolute atomic E-state index is 13.1. The van der Waals surface area contributed by atoms with Crippen molar-refractivity contribution in [2.75, 3.05) is 19.1 Å². The lowest BCUT2D eigenvalue weighted by atomic mass is 10.0. The Labute approximate surface area is 159 Å². The summed E-state index contributed by atoms with van der Waals surface area (Å²) in [6.45, 7) is 5.77. The summed E-state index contributed by atoms with van der Waals surface area (Å²) in [7, 11) is 3.17. The van der Waals surface area contributed by atoms with Gasteiger partial charge in [-0.2, -0.15) is 0 Å². The Morgan fingerprint density at radius 2 is 1.81 bits per heavy atom. The summed E-state index contributed by atoms with van der Waals surface area (Å²) in [5.41, 5.74) is 4.68. The molecule has 0 bridgehead atoms. The van der Waals surface area contributed by atoms with Crippen molar-refractivity contribution < 1.29 is 19.1 Å². The molecule has 0 saturated carbocycles. The van der Waals surface area contributed by atoms with Crippen molar-refractivity contribution in [3.8, 4) is 11.5 Å². The number of fused-ring (bicyclic) bond motifs is 1. The van der Waals surface area contributed by atoms with Crippen LogP contribution in [0.2, 0.25) is 0 Å². The zero-order valence-corrected chi connectivity index (χ0v) is 16.3. The molecule has 0 aliphatic carbocycles. The van der Waals surface area contributed by atoms with Crippen LogP contribution in [0.4, 0.5) is 5.69 Å². The monoisotopic (exact) mass is 368 g/mol. The minimum absolute atomic E-state index is 0.135. The van der Waals surface area contributed by atoms with Crippen LogP contribution in [-0.4, -0.2) is 26.0 Å². The molecule has 1 aliphatic heterocycles. The number of carbonyl (C=O) groups is 2. The first-order valence-electron chi connectivity index (χ1n) is 8.76. The Morgan fingerprint density at radius 3 is 2.44 bits per heavy atom. The van der Waals surface area contributed by atoms with E-state index in [-0.39, 0.29) is 11.8 Å². The third-order valence-electron chi connectivity index (χ3n) is 4.70. The van der Waals surface area contributed by atoms with Crippen LogP contribution in [0.25, 0.3) is 0 Å². The van der Waals surface area contributed by atoms with Crippen LogP contribution >= 0.6 is 0 Å². The lowest BCUT2D eigenvalue weighted by Crippen LogP contribution is -2.36. The van der Waals surface area contributed by atoms with Crippen molar-refractivity contribution in [3.05, 3.63) is 52.6 Å². The molecule has 0 spiro atoms. The number of nitrogens with one attached hydrogen (secondary N) is 1. The van der Waals surface area contributed by atoms with E-state index in [0.29, 0.717) is 18.0 Å². The summed E-state index contributed by atoms with van der Waals surface area (Å²) >= 11 is 0. The fourth-order valence-electron chi connectivity index (χ4n) is 3.64. The number of hydrogen-bond donors (Lipinski definition) is 1. The van der Waals surface area contributed by atoms with E-state index >= 15 is 0 Å². The molecular weight excluding hydrogens is 344 g/mol. The second-order valence-corrected chi connectivity index (χ2v) is 6.77. The molecule has 0 radical (unpaired) electrons. The standard InChI is InChI=1S/C21H24N2O4/c1-12-8-13(2)20-16(9-12)19(22-14(3)24)21(25)23(20)11-15-6-7-17(26-4)18(10-15)27-5/h6-10,19H,11H2,1-5H3,(H,22,24)/t19-/m1/s1. The van der Waals surface area contributed by atoms with E-state index in [9.17, 15) is 9.59 Å². The molecule has 3 rings (SSSR count). The van der Waals surface area contributed by atoms with E-state index in [0.717, 1.165) is 27.9 Å². The van der Waals surface area contributed by atoms with Gasteiger partial charge in [-0.3, -0.25) is 9.59 Å².